The van der Waals surface area contributed by atoms with Crippen molar-refractivity contribution in [3.05, 3.63) is 35.0 Å². The molecular weight excluding hydrogens is 228 g/mol. The topological polar surface area (TPSA) is 26.3 Å². The molecule has 1 aromatic heterocycles. The summed E-state index contributed by atoms with van der Waals surface area (Å²) >= 11 is 3.58. The molecule has 0 amide bonds. The maximum Gasteiger partial charge on any atom is 0.330 e. The highest BCUT2D eigenvalue weighted by atomic mass is 32.2. The van der Waals surface area contributed by atoms with Gasteiger partial charge in [-0.05, 0) is 23.6 Å². The van der Waals surface area contributed by atoms with Gasteiger partial charge in [-0.15, -0.1) is 11.3 Å². The van der Waals surface area contributed by atoms with Crippen LogP contribution in [0.3, 0.4) is 0 Å². The zero-order chi connectivity index (χ0) is 10.9. The first-order valence-corrected chi connectivity index (χ1v) is 6.75. The SMILES string of the molecule is C=CC(=O)OCCSCCc1cccs1. The summed E-state index contributed by atoms with van der Waals surface area (Å²) in [6, 6.07) is 4.21. The fraction of sp³-hybridized carbons (Fsp3) is 0.364. The maximum absolute atomic E-state index is 10.7. The molecule has 0 spiro atoms. The molecule has 0 radical (unpaired) electrons. The molecule has 0 aliphatic rings. The highest BCUT2D eigenvalue weighted by molar-refractivity contribution is 7.99. The van der Waals surface area contributed by atoms with Crippen LogP contribution in [-0.4, -0.2) is 24.1 Å². The molecular formula is C11H14O2S2. The minimum Gasteiger partial charge on any atom is -0.462 e. The van der Waals surface area contributed by atoms with Crippen LogP contribution in [0.25, 0.3) is 0 Å². The molecule has 4 heteroatoms. The number of hydrogen-bond acceptors (Lipinski definition) is 4. The van der Waals surface area contributed by atoms with E-state index in [1.165, 1.54) is 11.0 Å². The fourth-order valence-electron chi connectivity index (χ4n) is 0.990. The van der Waals surface area contributed by atoms with Crippen molar-refractivity contribution < 1.29 is 9.53 Å². The molecule has 2 nitrogen and oxygen atoms in total. The van der Waals surface area contributed by atoms with Gasteiger partial charge in [0, 0.05) is 16.7 Å². The summed E-state index contributed by atoms with van der Waals surface area (Å²) in [5, 5.41) is 2.09. The van der Waals surface area contributed by atoms with Gasteiger partial charge < -0.3 is 4.74 Å². The Kier molecular flexibility index (Phi) is 6.20. The quantitative estimate of drug-likeness (QED) is 0.418. The first kappa shape index (κ1) is 12.3. The summed E-state index contributed by atoms with van der Waals surface area (Å²) in [5.74, 6) is 1.59. The van der Waals surface area contributed by atoms with E-state index in [1.54, 1.807) is 23.1 Å². The average molecular weight is 242 g/mol. The molecule has 1 heterocycles. The van der Waals surface area contributed by atoms with Crippen LogP contribution in [0, 0.1) is 0 Å². The Morgan fingerprint density at radius 1 is 1.60 bits per heavy atom. The molecule has 0 bridgehead atoms. The number of rotatable bonds is 7. The van der Waals surface area contributed by atoms with Crippen molar-refractivity contribution in [2.24, 2.45) is 0 Å². The van der Waals surface area contributed by atoms with Crippen LogP contribution in [0.1, 0.15) is 4.88 Å². The van der Waals surface area contributed by atoms with Crippen molar-refractivity contribution >= 4 is 29.1 Å². The largest absolute Gasteiger partial charge is 0.462 e. The predicted octanol–water partition coefficient (Wildman–Crippen LogP) is 2.75. The zero-order valence-electron chi connectivity index (χ0n) is 8.48. The Morgan fingerprint density at radius 2 is 2.47 bits per heavy atom. The summed E-state index contributed by atoms with van der Waals surface area (Å²) in [5.41, 5.74) is 0. The molecule has 82 valence electrons. The van der Waals surface area contributed by atoms with Crippen LogP contribution in [0.4, 0.5) is 0 Å². The van der Waals surface area contributed by atoms with Crippen LogP contribution in [-0.2, 0) is 16.0 Å². The van der Waals surface area contributed by atoms with Crippen molar-refractivity contribution in [1.29, 1.82) is 0 Å². The standard InChI is InChI=1S/C11H14O2S2/c1-2-11(12)13-6-9-14-8-5-10-4-3-7-15-10/h2-4,7H,1,5-6,8-9H2. The third kappa shape index (κ3) is 5.64. The van der Waals surface area contributed by atoms with Gasteiger partial charge in [0.25, 0.3) is 0 Å². The first-order chi connectivity index (χ1) is 7.33. The van der Waals surface area contributed by atoms with Crippen LogP contribution in [0.15, 0.2) is 30.2 Å². The van der Waals surface area contributed by atoms with E-state index in [-0.39, 0.29) is 5.97 Å². The fourth-order valence-corrected chi connectivity index (χ4v) is 2.60. The van der Waals surface area contributed by atoms with Crippen LogP contribution >= 0.6 is 23.1 Å². The first-order valence-electron chi connectivity index (χ1n) is 4.72. The van der Waals surface area contributed by atoms with E-state index in [2.05, 4.69) is 24.1 Å². The van der Waals surface area contributed by atoms with E-state index in [0.717, 1.165) is 17.9 Å². The zero-order valence-corrected chi connectivity index (χ0v) is 10.1. The number of thiophene rings is 1. The van der Waals surface area contributed by atoms with Gasteiger partial charge in [0.2, 0.25) is 0 Å². The maximum atomic E-state index is 10.7. The molecule has 1 aromatic rings. The van der Waals surface area contributed by atoms with Crippen molar-refractivity contribution in [3.63, 3.8) is 0 Å². The van der Waals surface area contributed by atoms with E-state index < -0.39 is 0 Å². The number of esters is 1. The second-order valence-corrected chi connectivity index (χ2v) is 5.07. The lowest BCUT2D eigenvalue weighted by Gasteiger charge is -2.01. The van der Waals surface area contributed by atoms with Gasteiger partial charge in [0.1, 0.15) is 6.61 Å². The van der Waals surface area contributed by atoms with Crippen LogP contribution < -0.4 is 0 Å². The van der Waals surface area contributed by atoms with Crippen LogP contribution in [0.2, 0.25) is 0 Å². The average Bonchev–Trinajstić information content (AvgIpc) is 2.75. The number of carbonyl (C=O) groups excluding carboxylic acids is 1. The summed E-state index contributed by atoms with van der Waals surface area (Å²) in [6.07, 6.45) is 2.29. The van der Waals surface area contributed by atoms with Gasteiger partial charge >= 0.3 is 5.97 Å². The normalized spacial score (nSPS) is 9.87. The third-order valence-electron chi connectivity index (χ3n) is 1.71. The Morgan fingerprint density at radius 3 is 3.13 bits per heavy atom. The summed E-state index contributed by atoms with van der Waals surface area (Å²) in [4.78, 5) is 12.1. The Labute approximate surface area is 98.3 Å². The molecule has 0 unspecified atom stereocenters. The second kappa shape index (κ2) is 7.54. The van der Waals surface area contributed by atoms with E-state index in [9.17, 15) is 4.79 Å². The second-order valence-electron chi connectivity index (χ2n) is 2.81. The number of aryl methyl sites for hydroxylation is 1. The Hall–Kier alpha value is -0.740. The summed E-state index contributed by atoms with van der Waals surface area (Å²) in [6.45, 7) is 3.80. The number of thioether (sulfide) groups is 1. The van der Waals surface area contributed by atoms with Gasteiger partial charge in [0.05, 0.1) is 0 Å². The highest BCUT2D eigenvalue weighted by Gasteiger charge is 1.96. The minimum absolute atomic E-state index is 0.339. The van der Waals surface area contributed by atoms with Crippen molar-refractivity contribution in [3.8, 4) is 0 Å². The molecule has 0 N–H and O–H groups in total. The lowest BCUT2D eigenvalue weighted by atomic mass is 10.4. The van der Waals surface area contributed by atoms with Crippen LogP contribution in [0.5, 0.6) is 0 Å². The summed E-state index contributed by atoms with van der Waals surface area (Å²) < 4.78 is 4.85. The van der Waals surface area contributed by atoms with E-state index in [1.807, 2.05) is 0 Å². The van der Waals surface area contributed by atoms with E-state index in [4.69, 9.17) is 4.74 Å². The molecule has 0 atom stereocenters. The number of ether oxygens (including phenoxy) is 1. The van der Waals surface area contributed by atoms with Crippen molar-refractivity contribution in [2.45, 2.75) is 6.42 Å². The number of carbonyl (C=O) groups is 1. The number of hydrogen-bond donors (Lipinski definition) is 0. The molecule has 0 saturated heterocycles. The minimum atomic E-state index is -0.339. The summed E-state index contributed by atoms with van der Waals surface area (Å²) in [7, 11) is 0. The molecule has 0 aliphatic heterocycles. The van der Waals surface area contributed by atoms with Gasteiger partial charge in [-0.2, -0.15) is 11.8 Å². The Bertz CT molecular complexity index is 294. The van der Waals surface area contributed by atoms with Gasteiger partial charge in [-0.25, -0.2) is 4.79 Å². The lowest BCUT2D eigenvalue weighted by Crippen LogP contribution is -2.04. The Balaban J connectivity index is 1.94. The van der Waals surface area contributed by atoms with Gasteiger partial charge in [0.15, 0.2) is 0 Å². The third-order valence-corrected chi connectivity index (χ3v) is 3.60. The van der Waals surface area contributed by atoms with Crippen molar-refractivity contribution in [1.82, 2.24) is 0 Å². The molecule has 15 heavy (non-hydrogen) atoms. The molecule has 0 fully saturated rings. The lowest BCUT2D eigenvalue weighted by molar-refractivity contribution is -0.137. The molecule has 0 aliphatic carbocycles. The molecule has 0 aromatic carbocycles. The van der Waals surface area contributed by atoms with Crippen molar-refractivity contribution in [2.75, 3.05) is 18.1 Å². The monoisotopic (exact) mass is 242 g/mol. The van der Waals surface area contributed by atoms with E-state index >= 15 is 0 Å². The predicted molar refractivity (Wildman–Crippen MR) is 66.5 cm³/mol. The highest BCUT2D eigenvalue weighted by Crippen LogP contribution is 2.12. The smallest absolute Gasteiger partial charge is 0.330 e. The van der Waals surface area contributed by atoms with Gasteiger partial charge in [-0.1, -0.05) is 12.6 Å². The molecule has 1 rings (SSSR count). The van der Waals surface area contributed by atoms with E-state index in [0.29, 0.717) is 6.61 Å². The van der Waals surface area contributed by atoms with Gasteiger partial charge in [-0.3, -0.25) is 0 Å². The molecule has 0 saturated carbocycles.